The molecule has 6 nitrogen and oxygen atoms in total. The van der Waals surface area contributed by atoms with Gasteiger partial charge in [-0.3, -0.25) is 14.4 Å². The van der Waals surface area contributed by atoms with E-state index < -0.39 is 28.0 Å². The van der Waals surface area contributed by atoms with E-state index in [1.807, 2.05) is 19.9 Å². The number of amides is 2. The number of nitrogens with one attached hydrogen (secondary N) is 3. The van der Waals surface area contributed by atoms with Crippen molar-refractivity contribution in [2.75, 3.05) is 22.5 Å². The lowest BCUT2D eigenvalue weighted by molar-refractivity contribution is -0.118. The van der Waals surface area contributed by atoms with Crippen LogP contribution >= 0.6 is 58.0 Å². The second-order valence-corrected chi connectivity index (χ2v) is 12.0. The number of ketones is 1. The maximum atomic E-state index is 13.1. The summed E-state index contributed by atoms with van der Waals surface area (Å²) in [7, 11) is 0. The Labute approximate surface area is 251 Å². The Morgan fingerprint density at radius 3 is 2.18 bits per heavy atom. The molecule has 1 fully saturated rings. The summed E-state index contributed by atoms with van der Waals surface area (Å²) in [5.41, 5.74) is 3.31. The fourth-order valence-electron chi connectivity index (χ4n) is 4.25. The highest BCUT2D eigenvalue weighted by molar-refractivity contribution is 6.53. The van der Waals surface area contributed by atoms with Gasteiger partial charge in [0, 0.05) is 39.4 Å². The highest BCUT2D eigenvalue weighted by Crippen LogP contribution is 2.65. The molecule has 0 bridgehead atoms. The van der Waals surface area contributed by atoms with Crippen LogP contribution in [-0.4, -0.2) is 28.5 Å². The molecule has 1 aliphatic carbocycles. The first-order chi connectivity index (χ1) is 18.4. The summed E-state index contributed by atoms with van der Waals surface area (Å²) in [5, 5.41) is 9.71. The lowest BCUT2D eigenvalue weighted by Crippen LogP contribution is -2.18. The fraction of sp³-hybridized carbons (Fsp3) is 0.250. The van der Waals surface area contributed by atoms with Crippen molar-refractivity contribution in [2.24, 2.45) is 5.92 Å². The highest BCUT2D eigenvalue weighted by Gasteiger charge is 2.67. The molecule has 0 saturated heterocycles. The number of halogens is 5. The van der Waals surface area contributed by atoms with Crippen LogP contribution in [0.2, 0.25) is 15.1 Å². The summed E-state index contributed by atoms with van der Waals surface area (Å²) in [4.78, 5) is 37.7. The van der Waals surface area contributed by atoms with Gasteiger partial charge < -0.3 is 16.0 Å². The van der Waals surface area contributed by atoms with Gasteiger partial charge in [-0.15, -0.1) is 23.2 Å². The number of carbonyl (C=O) groups excluding carboxylic acids is 3. The summed E-state index contributed by atoms with van der Waals surface area (Å²) in [6, 6.07) is 14.8. The average molecular weight is 628 g/mol. The van der Waals surface area contributed by atoms with Crippen LogP contribution in [0.1, 0.15) is 40.7 Å². The van der Waals surface area contributed by atoms with E-state index in [4.69, 9.17) is 58.0 Å². The van der Waals surface area contributed by atoms with E-state index in [0.29, 0.717) is 33.4 Å². The number of anilines is 3. The maximum absolute atomic E-state index is 13.1. The van der Waals surface area contributed by atoms with Crippen molar-refractivity contribution in [1.82, 2.24) is 0 Å². The van der Waals surface area contributed by atoms with Crippen molar-refractivity contribution < 1.29 is 14.4 Å². The summed E-state index contributed by atoms with van der Waals surface area (Å²) < 4.78 is -1.34. The number of benzene rings is 3. The predicted molar refractivity (Wildman–Crippen MR) is 160 cm³/mol. The molecular formula is C28H24Cl5N3O3. The number of Topliss-reactive ketones (excluding diaryl/α,β-unsaturated/α-hetero) is 1. The van der Waals surface area contributed by atoms with Crippen molar-refractivity contribution in [1.29, 1.82) is 0 Å². The van der Waals surface area contributed by atoms with Crippen LogP contribution in [0.25, 0.3) is 0 Å². The zero-order valence-corrected chi connectivity index (χ0v) is 24.7. The molecule has 3 aromatic rings. The van der Waals surface area contributed by atoms with Crippen LogP contribution in [-0.2, 0) is 9.59 Å². The van der Waals surface area contributed by atoms with E-state index in [1.54, 1.807) is 36.4 Å². The molecule has 204 valence electrons. The third kappa shape index (κ3) is 6.82. The first kappa shape index (κ1) is 29.5. The number of carbonyl (C=O) groups is 3. The Kier molecular flexibility index (Phi) is 9.04. The van der Waals surface area contributed by atoms with Gasteiger partial charge in [0.05, 0.1) is 23.0 Å². The SMILES string of the molecule is CCC(=O)CNc1ccc(NC(=O)c2cc(NC(=O)C3C(c4cc(Cl)cc(Cl)c4)C3(Cl)Cl)ccc2Cl)c(C)c1. The van der Waals surface area contributed by atoms with E-state index >= 15 is 0 Å². The predicted octanol–water partition coefficient (Wildman–Crippen LogP) is 8.12. The third-order valence-electron chi connectivity index (χ3n) is 6.42. The molecule has 0 spiro atoms. The molecule has 4 rings (SSSR count). The molecule has 0 heterocycles. The first-order valence-corrected chi connectivity index (χ1v) is 13.9. The lowest BCUT2D eigenvalue weighted by Gasteiger charge is -2.13. The van der Waals surface area contributed by atoms with E-state index in [2.05, 4.69) is 16.0 Å². The summed E-state index contributed by atoms with van der Waals surface area (Å²) in [5.74, 6) is -2.04. The molecule has 2 unspecified atom stereocenters. The van der Waals surface area contributed by atoms with Gasteiger partial charge in [-0.2, -0.15) is 0 Å². The standard InChI is InChI=1S/C28H24Cl5N3O3/c1-3-20(37)13-34-18-5-7-23(14(2)8-18)36-26(38)21-12-19(4-6-22(21)31)35-27(39)25-24(28(25,32)33)15-9-16(29)11-17(30)10-15/h4-12,24-25,34H,3,13H2,1-2H3,(H,35,39)(H,36,38). The molecule has 1 aliphatic rings. The van der Waals surface area contributed by atoms with E-state index in [1.165, 1.54) is 12.1 Å². The van der Waals surface area contributed by atoms with Gasteiger partial charge in [0.1, 0.15) is 4.33 Å². The van der Waals surface area contributed by atoms with Gasteiger partial charge >= 0.3 is 0 Å². The molecule has 39 heavy (non-hydrogen) atoms. The minimum absolute atomic E-state index is 0.0977. The molecule has 11 heteroatoms. The van der Waals surface area contributed by atoms with Crippen molar-refractivity contribution in [3.8, 4) is 0 Å². The smallest absolute Gasteiger partial charge is 0.257 e. The van der Waals surface area contributed by atoms with E-state index in [-0.39, 0.29) is 22.9 Å². The molecular weight excluding hydrogens is 604 g/mol. The van der Waals surface area contributed by atoms with E-state index in [9.17, 15) is 14.4 Å². The number of alkyl halides is 2. The Bertz CT molecular complexity index is 1440. The van der Waals surface area contributed by atoms with Gasteiger partial charge in [0.25, 0.3) is 5.91 Å². The number of hydrogen-bond donors (Lipinski definition) is 3. The minimum atomic E-state index is -1.34. The highest BCUT2D eigenvalue weighted by atomic mass is 35.5. The molecule has 2 amide bonds. The quantitative estimate of drug-likeness (QED) is 0.209. The van der Waals surface area contributed by atoms with Gasteiger partial charge in [-0.1, -0.05) is 41.7 Å². The van der Waals surface area contributed by atoms with Crippen LogP contribution in [0.3, 0.4) is 0 Å². The Balaban J connectivity index is 1.45. The Morgan fingerprint density at radius 1 is 0.872 bits per heavy atom. The lowest BCUT2D eigenvalue weighted by atomic mass is 10.1. The van der Waals surface area contributed by atoms with Crippen molar-refractivity contribution >= 4 is 92.7 Å². The monoisotopic (exact) mass is 625 g/mol. The second kappa shape index (κ2) is 11.9. The van der Waals surface area contributed by atoms with Crippen LogP contribution < -0.4 is 16.0 Å². The molecule has 0 aliphatic heterocycles. The van der Waals surface area contributed by atoms with Crippen LogP contribution in [0, 0.1) is 12.8 Å². The van der Waals surface area contributed by atoms with Crippen LogP contribution in [0.4, 0.5) is 17.1 Å². The largest absolute Gasteiger partial charge is 0.378 e. The summed E-state index contributed by atoms with van der Waals surface area (Å²) in [6.07, 6.45) is 0.455. The van der Waals surface area contributed by atoms with Crippen molar-refractivity contribution in [3.05, 3.63) is 86.4 Å². The zero-order valence-electron chi connectivity index (χ0n) is 20.9. The molecule has 3 aromatic carbocycles. The average Bonchev–Trinajstić information content (AvgIpc) is 3.46. The van der Waals surface area contributed by atoms with Gasteiger partial charge in [-0.25, -0.2) is 0 Å². The van der Waals surface area contributed by atoms with Crippen molar-refractivity contribution in [2.45, 2.75) is 30.5 Å². The third-order valence-corrected chi connectivity index (χ3v) is 8.12. The first-order valence-electron chi connectivity index (χ1n) is 12.0. The molecule has 1 saturated carbocycles. The zero-order chi connectivity index (χ0) is 28.5. The molecule has 0 radical (unpaired) electrons. The number of rotatable bonds is 9. The van der Waals surface area contributed by atoms with Crippen LogP contribution in [0.5, 0.6) is 0 Å². The normalized spacial score (nSPS) is 17.3. The fourth-order valence-corrected chi connectivity index (χ4v) is 5.82. The summed E-state index contributed by atoms with van der Waals surface area (Å²) in [6.45, 7) is 3.88. The topological polar surface area (TPSA) is 87.3 Å². The molecule has 2 atom stereocenters. The minimum Gasteiger partial charge on any atom is -0.378 e. The maximum Gasteiger partial charge on any atom is 0.257 e. The van der Waals surface area contributed by atoms with Gasteiger partial charge in [-0.05, 0) is 72.6 Å². The van der Waals surface area contributed by atoms with Crippen molar-refractivity contribution in [3.63, 3.8) is 0 Å². The Hall–Kier alpha value is -2.48. The molecule has 0 aromatic heterocycles. The Morgan fingerprint density at radius 2 is 1.54 bits per heavy atom. The van der Waals surface area contributed by atoms with Gasteiger partial charge in [0.2, 0.25) is 5.91 Å². The van der Waals surface area contributed by atoms with E-state index in [0.717, 1.165) is 11.3 Å². The molecule has 3 N–H and O–H groups in total. The second-order valence-electron chi connectivity index (χ2n) is 9.25. The summed E-state index contributed by atoms with van der Waals surface area (Å²) >= 11 is 31.4. The number of aryl methyl sites for hydroxylation is 1. The number of hydrogen-bond acceptors (Lipinski definition) is 4. The van der Waals surface area contributed by atoms with Crippen LogP contribution in [0.15, 0.2) is 54.6 Å². The van der Waals surface area contributed by atoms with Gasteiger partial charge in [0.15, 0.2) is 5.78 Å².